The second-order valence-corrected chi connectivity index (χ2v) is 6.18. The molecule has 0 aliphatic heterocycles. The second-order valence-electron chi connectivity index (χ2n) is 6.18. The van der Waals surface area contributed by atoms with Crippen molar-refractivity contribution in [2.24, 2.45) is 5.92 Å². The van der Waals surface area contributed by atoms with E-state index < -0.39 is 6.04 Å². The number of benzene rings is 1. The number of tetrazole rings is 1. The Morgan fingerprint density at radius 3 is 2.87 bits per heavy atom. The van der Waals surface area contributed by atoms with Crippen LogP contribution < -0.4 is 0 Å². The van der Waals surface area contributed by atoms with Crippen molar-refractivity contribution in [3.8, 4) is 0 Å². The predicted molar refractivity (Wildman–Crippen MR) is 82.1 cm³/mol. The van der Waals surface area contributed by atoms with Gasteiger partial charge in [-0.1, -0.05) is 12.1 Å². The topological polar surface area (TPSA) is 63.9 Å². The minimum Gasteiger partial charge on any atom is -0.344 e. The number of rotatable bonds is 6. The maximum Gasteiger partial charge on any atom is 0.247 e. The molecule has 1 aromatic heterocycles. The highest BCUT2D eigenvalue weighted by atomic mass is 19.1. The van der Waals surface area contributed by atoms with Gasteiger partial charge >= 0.3 is 0 Å². The molecule has 23 heavy (non-hydrogen) atoms. The number of carbonyl (C=O) groups excluding carboxylic acids is 1. The van der Waals surface area contributed by atoms with Gasteiger partial charge in [-0.2, -0.15) is 0 Å². The van der Waals surface area contributed by atoms with E-state index in [1.54, 1.807) is 24.9 Å². The van der Waals surface area contributed by atoms with Crippen molar-refractivity contribution in [3.63, 3.8) is 0 Å². The molecule has 1 heterocycles. The lowest BCUT2D eigenvalue weighted by atomic mass is 10.0. The van der Waals surface area contributed by atoms with Crippen LogP contribution in [0.15, 0.2) is 24.3 Å². The Labute approximate surface area is 134 Å². The Morgan fingerprint density at radius 1 is 1.48 bits per heavy atom. The van der Waals surface area contributed by atoms with Gasteiger partial charge in [-0.05, 0) is 53.8 Å². The van der Waals surface area contributed by atoms with Crippen LogP contribution in [0.1, 0.15) is 30.3 Å². The summed E-state index contributed by atoms with van der Waals surface area (Å²) < 4.78 is 15.0. The van der Waals surface area contributed by atoms with Crippen LogP contribution in [0.2, 0.25) is 0 Å². The highest BCUT2D eigenvalue weighted by Gasteiger charge is 2.31. The number of amides is 1. The Balaban J connectivity index is 1.84. The first-order chi connectivity index (χ1) is 11.0. The third kappa shape index (κ3) is 3.72. The van der Waals surface area contributed by atoms with Crippen LogP contribution >= 0.6 is 0 Å². The van der Waals surface area contributed by atoms with Crippen LogP contribution in [0.4, 0.5) is 4.39 Å². The third-order valence-corrected chi connectivity index (χ3v) is 4.16. The van der Waals surface area contributed by atoms with E-state index in [9.17, 15) is 9.18 Å². The van der Waals surface area contributed by atoms with Crippen molar-refractivity contribution in [2.75, 3.05) is 13.6 Å². The molecule has 7 heteroatoms. The molecule has 6 nitrogen and oxygen atoms in total. The lowest BCUT2D eigenvalue weighted by molar-refractivity contribution is -0.134. The van der Waals surface area contributed by atoms with Gasteiger partial charge in [-0.25, -0.2) is 9.07 Å². The number of likely N-dealkylation sites (N-methyl/N-ethyl adjacent to an activating group) is 1. The quantitative estimate of drug-likeness (QED) is 0.814. The minimum absolute atomic E-state index is 0.0449. The highest BCUT2D eigenvalue weighted by molar-refractivity contribution is 5.80. The Bertz CT molecular complexity index is 697. The van der Waals surface area contributed by atoms with Crippen LogP contribution in [0.5, 0.6) is 0 Å². The molecule has 0 spiro atoms. The zero-order valence-electron chi connectivity index (χ0n) is 13.3. The Morgan fingerprint density at radius 2 is 2.26 bits per heavy atom. The summed E-state index contributed by atoms with van der Waals surface area (Å²) in [6.07, 6.45) is 2.71. The molecule has 0 bridgehead atoms. The zero-order valence-corrected chi connectivity index (χ0v) is 13.3. The van der Waals surface area contributed by atoms with E-state index >= 15 is 0 Å². The normalized spacial score (nSPS) is 15.4. The standard InChI is InChI=1S/C16H20FN5O/c1-11-18-19-20-22(11)15(9-13-4-3-5-14(17)8-13)16(23)21(2)10-12-6-7-12/h3-5,8,12,15H,6-7,9-10H2,1-2H3/t15-/m0/s1. The fourth-order valence-electron chi connectivity index (χ4n) is 2.72. The van der Waals surface area contributed by atoms with Gasteiger partial charge in [0.2, 0.25) is 5.91 Å². The zero-order chi connectivity index (χ0) is 16.4. The molecule has 0 unspecified atom stereocenters. The molecule has 1 aliphatic carbocycles. The summed E-state index contributed by atoms with van der Waals surface area (Å²) in [6, 6.07) is 5.73. The maximum absolute atomic E-state index is 13.4. The van der Waals surface area contributed by atoms with Gasteiger partial charge in [-0.3, -0.25) is 4.79 Å². The van der Waals surface area contributed by atoms with Gasteiger partial charge in [0.25, 0.3) is 0 Å². The molecule has 1 aromatic carbocycles. The smallest absolute Gasteiger partial charge is 0.247 e. The van der Waals surface area contributed by atoms with E-state index in [1.165, 1.54) is 29.7 Å². The van der Waals surface area contributed by atoms with Crippen LogP contribution in [0, 0.1) is 18.7 Å². The number of carbonyl (C=O) groups is 1. The van der Waals surface area contributed by atoms with Crippen molar-refractivity contribution < 1.29 is 9.18 Å². The maximum atomic E-state index is 13.4. The fourth-order valence-corrected chi connectivity index (χ4v) is 2.72. The average Bonchev–Trinajstić information content (AvgIpc) is 3.23. The first kappa shape index (κ1) is 15.6. The average molecular weight is 317 g/mol. The van der Waals surface area contributed by atoms with Crippen molar-refractivity contribution in [3.05, 3.63) is 41.5 Å². The lowest BCUT2D eigenvalue weighted by Gasteiger charge is -2.24. The van der Waals surface area contributed by atoms with Gasteiger partial charge in [0.05, 0.1) is 0 Å². The largest absolute Gasteiger partial charge is 0.344 e. The second kappa shape index (κ2) is 6.44. The van der Waals surface area contributed by atoms with Gasteiger partial charge in [-0.15, -0.1) is 5.10 Å². The number of hydrogen-bond acceptors (Lipinski definition) is 4. The van der Waals surface area contributed by atoms with E-state index in [1.807, 2.05) is 6.07 Å². The van der Waals surface area contributed by atoms with E-state index in [-0.39, 0.29) is 11.7 Å². The molecule has 2 aromatic rings. The molecule has 0 N–H and O–H groups in total. The molecular formula is C16H20FN5O. The van der Waals surface area contributed by atoms with Crippen LogP contribution in [0.25, 0.3) is 0 Å². The number of nitrogens with zero attached hydrogens (tertiary/aromatic N) is 5. The summed E-state index contributed by atoms with van der Waals surface area (Å²) >= 11 is 0. The summed E-state index contributed by atoms with van der Waals surface area (Å²) in [5.74, 6) is 0.818. The number of hydrogen-bond donors (Lipinski definition) is 0. The van der Waals surface area contributed by atoms with Crippen LogP contribution in [-0.2, 0) is 11.2 Å². The van der Waals surface area contributed by atoms with E-state index in [0.717, 1.165) is 12.1 Å². The monoisotopic (exact) mass is 317 g/mol. The van der Waals surface area contributed by atoms with E-state index in [4.69, 9.17) is 0 Å². The summed E-state index contributed by atoms with van der Waals surface area (Å²) in [5.41, 5.74) is 0.748. The first-order valence-electron chi connectivity index (χ1n) is 7.78. The summed E-state index contributed by atoms with van der Waals surface area (Å²) in [7, 11) is 1.80. The van der Waals surface area contributed by atoms with Crippen molar-refractivity contribution in [1.29, 1.82) is 0 Å². The lowest BCUT2D eigenvalue weighted by Crippen LogP contribution is -2.37. The predicted octanol–water partition coefficient (Wildman–Crippen LogP) is 1.77. The number of halogens is 1. The molecule has 1 amide bonds. The van der Waals surface area contributed by atoms with E-state index in [0.29, 0.717) is 18.2 Å². The minimum atomic E-state index is -0.560. The van der Waals surface area contributed by atoms with Crippen LogP contribution in [-0.4, -0.2) is 44.6 Å². The molecule has 0 saturated heterocycles. The van der Waals surface area contributed by atoms with Crippen molar-refractivity contribution in [2.45, 2.75) is 32.2 Å². The Hall–Kier alpha value is -2.31. The molecule has 1 atom stereocenters. The number of aryl methyl sites for hydroxylation is 1. The molecule has 1 aliphatic rings. The highest BCUT2D eigenvalue weighted by Crippen LogP contribution is 2.30. The van der Waals surface area contributed by atoms with E-state index in [2.05, 4.69) is 15.5 Å². The van der Waals surface area contributed by atoms with Gasteiger partial charge in [0.1, 0.15) is 17.7 Å². The molecule has 3 rings (SSSR count). The summed E-state index contributed by atoms with van der Waals surface area (Å²) in [4.78, 5) is 14.6. The fraction of sp³-hybridized carbons (Fsp3) is 0.500. The third-order valence-electron chi connectivity index (χ3n) is 4.16. The van der Waals surface area contributed by atoms with Crippen molar-refractivity contribution >= 4 is 5.91 Å². The molecule has 1 saturated carbocycles. The molecule has 122 valence electrons. The van der Waals surface area contributed by atoms with Gasteiger partial charge in [0, 0.05) is 20.0 Å². The van der Waals surface area contributed by atoms with Gasteiger partial charge in [0.15, 0.2) is 0 Å². The SMILES string of the molecule is Cc1nnnn1[C@@H](Cc1cccc(F)c1)C(=O)N(C)CC1CC1. The summed E-state index contributed by atoms with van der Waals surface area (Å²) in [5, 5.41) is 11.5. The molecular weight excluding hydrogens is 297 g/mol. The first-order valence-corrected chi connectivity index (χ1v) is 7.78. The van der Waals surface area contributed by atoms with Gasteiger partial charge < -0.3 is 4.90 Å². The van der Waals surface area contributed by atoms with Crippen LogP contribution in [0.3, 0.4) is 0 Å². The number of aromatic nitrogens is 4. The molecule has 0 radical (unpaired) electrons. The molecule has 1 fully saturated rings. The summed E-state index contributed by atoms with van der Waals surface area (Å²) in [6.45, 7) is 2.51. The Kier molecular flexibility index (Phi) is 4.36. The van der Waals surface area contributed by atoms with Crippen molar-refractivity contribution in [1.82, 2.24) is 25.1 Å².